The normalized spacial score (nSPS) is 30.5. The second-order valence-electron chi connectivity index (χ2n) is 16.1. The smallest absolute Gasteiger partial charge is 0.335 e. The summed E-state index contributed by atoms with van der Waals surface area (Å²) in [5.41, 5.74) is 13.7. The number of carbonyl (C=O) groups is 1. The molecule has 2 fully saturated rings. The van der Waals surface area contributed by atoms with Gasteiger partial charge in [-0.25, -0.2) is 4.79 Å². The third-order valence-corrected chi connectivity index (χ3v) is 15.1. The van der Waals surface area contributed by atoms with Crippen LogP contribution in [0.25, 0.3) is 11.0 Å². The lowest BCUT2D eigenvalue weighted by molar-refractivity contribution is -0.153. The SMILES string of the molecule is CCN1[C@@H]2c3c(cc(C)c(OC)c3O)C[C@H]1[C@H](C#N)N1[C@H]2[C@@H]2SC[C@]3(N[C@@H](CN)Cc4c3oc3ccccc43)C(=O)OCC[C@H]1c1c3c(c(C)c(C)c12)OCO3. The summed E-state index contributed by atoms with van der Waals surface area (Å²) in [4.78, 5) is 19.7. The quantitative estimate of drug-likeness (QED) is 0.224. The Kier molecular flexibility index (Phi) is 8.37. The Morgan fingerprint density at radius 3 is 2.68 bits per heavy atom. The van der Waals surface area contributed by atoms with Gasteiger partial charge in [0.15, 0.2) is 28.5 Å². The third kappa shape index (κ3) is 4.71. The topological polar surface area (TPSA) is 156 Å². The van der Waals surface area contributed by atoms with E-state index in [1.165, 1.54) is 0 Å². The van der Waals surface area contributed by atoms with E-state index >= 15 is 0 Å². The zero-order chi connectivity index (χ0) is 38.8. The summed E-state index contributed by atoms with van der Waals surface area (Å²) in [6, 6.07) is 11.0. The molecule has 1 aromatic heterocycles. The number of thioether (sulfide) groups is 1. The van der Waals surface area contributed by atoms with Gasteiger partial charge in [-0.05, 0) is 74.0 Å². The molecule has 11 rings (SSSR count). The lowest BCUT2D eigenvalue weighted by Crippen LogP contribution is -2.69. The van der Waals surface area contributed by atoms with Crippen molar-refractivity contribution in [3.8, 4) is 29.1 Å². The van der Waals surface area contributed by atoms with Gasteiger partial charge < -0.3 is 34.2 Å². The molecule has 8 heterocycles. The van der Waals surface area contributed by atoms with Gasteiger partial charge in [0, 0.05) is 70.2 Å². The van der Waals surface area contributed by atoms with E-state index in [9.17, 15) is 15.2 Å². The maximum atomic E-state index is 14.9. The standard InChI is InChI=1S/C43H47N5O7S/c1-6-47-28-14-23-13-20(2)37(51-5)36(49)32(23)34(47)35-40-31-21(3)22(4)38-39(54-19-53-38)33(31)27(48(35)29(28)17-45)11-12-52-42(50)43(18-56-40)41-26(15-24(16-44)46-43)25-9-7-8-10-30(25)55-41/h7-10,13,24,27-29,34-35,40,46,49H,6,11-12,14-16,18-19,44H2,1-5H3/t24-,27+,28+,29+,34-,35-,40-,43-/m1/s1. The van der Waals surface area contributed by atoms with E-state index in [1.807, 2.05) is 31.2 Å². The van der Waals surface area contributed by atoms with Crippen molar-refractivity contribution in [1.29, 1.82) is 5.26 Å². The summed E-state index contributed by atoms with van der Waals surface area (Å²) < 4.78 is 31.4. The molecule has 1 spiro atoms. The first kappa shape index (κ1) is 35.9. The number of furan rings is 1. The van der Waals surface area contributed by atoms with Crippen molar-refractivity contribution in [2.45, 2.75) is 94.0 Å². The van der Waals surface area contributed by atoms with E-state index in [-0.39, 0.29) is 60.4 Å². The monoisotopic (exact) mass is 777 g/mol. The Hall–Kier alpha value is -4.45. The van der Waals surface area contributed by atoms with Gasteiger partial charge in [-0.3, -0.25) is 15.1 Å². The minimum atomic E-state index is -1.35. The number of ether oxygens (including phenoxy) is 4. The van der Waals surface area contributed by atoms with Gasteiger partial charge in [0.1, 0.15) is 17.4 Å². The molecule has 292 valence electrons. The van der Waals surface area contributed by atoms with Crippen LogP contribution in [0.1, 0.15) is 80.9 Å². The number of esters is 1. The zero-order valence-corrected chi connectivity index (χ0v) is 33.1. The zero-order valence-electron chi connectivity index (χ0n) is 32.3. The Morgan fingerprint density at radius 1 is 1.11 bits per heavy atom. The molecule has 4 bridgehead atoms. The Morgan fingerprint density at radius 2 is 1.91 bits per heavy atom. The lowest BCUT2D eigenvalue weighted by Gasteiger charge is -2.62. The van der Waals surface area contributed by atoms with Crippen LogP contribution < -0.4 is 25.3 Å². The van der Waals surface area contributed by atoms with Crippen LogP contribution in [-0.4, -0.2) is 84.4 Å². The van der Waals surface area contributed by atoms with Gasteiger partial charge in [0.25, 0.3) is 0 Å². The number of nitriles is 1. The molecule has 12 nitrogen and oxygen atoms in total. The highest BCUT2D eigenvalue weighted by Gasteiger charge is 2.61. The summed E-state index contributed by atoms with van der Waals surface area (Å²) >= 11 is 1.67. The number of nitrogens with one attached hydrogen (secondary N) is 1. The number of aryl methyl sites for hydroxylation is 1. The van der Waals surface area contributed by atoms with Gasteiger partial charge >= 0.3 is 5.97 Å². The molecule has 3 aromatic carbocycles. The largest absolute Gasteiger partial charge is 0.504 e. The highest BCUT2D eigenvalue weighted by Crippen LogP contribution is 2.63. The van der Waals surface area contributed by atoms with E-state index in [2.05, 4.69) is 48.0 Å². The highest BCUT2D eigenvalue weighted by atomic mass is 32.2. The van der Waals surface area contributed by atoms with Gasteiger partial charge in [-0.1, -0.05) is 31.2 Å². The van der Waals surface area contributed by atoms with Crippen LogP contribution >= 0.6 is 11.8 Å². The van der Waals surface area contributed by atoms with Crippen LogP contribution in [0.4, 0.5) is 0 Å². The molecule has 0 saturated carbocycles. The lowest BCUT2D eigenvalue weighted by atomic mass is 9.70. The molecule has 7 aliphatic rings. The number of carbonyl (C=O) groups excluding carboxylic acids is 1. The third-order valence-electron chi connectivity index (χ3n) is 13.6. The van der Waals surface area contributed by atoms with Crippen LogP contribution in [0.2, 0.25) is 0 Å². The number of rotatable bonds is 3. The summed E-state index contributed by atoms with van der Waals surface area (Å²) in [6.07, 6.45) is 1.62. The van der Waals surface area contributed by atoms with E-state index in [0.717, 1.165) is 55.6 Å². The molecule has 0 radical (unpaired) electrons. The minimum absolute atomic E-state index is 0.0934. The average molecular weight is 778 g/mol. The summed E-state index contributed by atoms with van der Waals surface area (Å²) in [5, 5.41) is 27.9. The Bertz CT molecular complexity index is 2360. The fourth-order valence-corrected chi connectivity index (χ4v) is 12.9. The van der Waals surface area contributed by atoms with E-state index < -0.39 is 17.6 Å². The first-order valence-corrected chi connectivity index (χ1v) is 20.7. The fourth-order valence-electron chi connectivity index (χ4n) is 11.2. The van der Waals surface area contributed by atoms with Crippen LogP contribution in [-0.2, 0) is 27.9 Å². The van der Waals surface area contributed by atoms with Crippen molar-refractivity contribution in [1.82, 2.24) is 15.1 Å². The number of benzene rings is 3. The van der Waals surface area contributed by atoms with Crippen molar-refractivity contribution < 1.29 is 33.3 Å². The first-order chi connectivity index (χ1) is 27.2. The second kappa shape index (κ2) is 13.0. The summed E-state index contributed by atoms with van der Waals surface area (Å²) in [7, 11) is 1.60. The second-order valence-corrected chi connectivity index (χ2v) is 17.2. The number of para-hydroxylation sites is 1. The molecule has 2 saturated heterocycles. The number of phenols is 1. The van der Waals surface area contributed by atoms with Crippen molar-refractivity contribution in [3.63, 3.8) is 0 Å². The summed E-state index contributed by atoms with van der Waals surface area (Å²) in [6.45, 7) is 9.52. The molecule has 4 aromatic rings. The van der Waals surface area contributed by atoms with Crippen LogP contribution in [0.15, 0.2) is 34.7 Å². The number of nitrogens with two attached hydrogens (primary N) is 1. The van der Waals surface area contributed by atoms with Gasteiger partial charge in [-0.15, -0.1) is 11.8 Å². The van der Waals surface area contributed by atoms with Gasteiger partial charge in [0.2, 0.25) is 6.79 Å². The van der Waals surface area contributed by atoms with Crippen LogP contribution in [0.5, 0.6) is 23.0 Å². The van der Waals surface area contributed by atoms with Crippen molar-refractivity contribution in [2.24, 2.45) is 5.73 Å². The maximum absolute atomic E-state index is 14.9. The number of methoxy groups -OCH3 is 1. The van der Waals surface area contributed by atoms with Gasteiger partial charge in [0.05, 0.1) is 25.8 Å². The number of fused-ring (bicyclic) bond motifs is 12. The number of hydrogen-bond donors (Lipinski definition) is 3. The molecule has 8 atom stereocenters. The number of likely N-dealkylation sites (N-methyl/N-ethyl adjacent to an activating group) is 1. The molecule has 0 unspecified atom stereocenters. The minimum Gasteiger partial charge on any atom is -0.504 e. The number of hydrogen-bond acceptors (Lipinski definition) is 13. The summed E-state index contributed by atoms with van der Waals surface area (Å²) in [5.74, 6) is 2.47. The van der Waals surface area contributed by atoms with Crippen molar-refractivity contribution >= 4 is 28.7 Å². The molecule has 0 aliphatic carbocycles. The molecule has 4 N–H and O–H groups in total. The van der Waals surface area contributed by atoms with Gasteiger partial charge in [-0.2, -0.15) is 5.26 Å². The predicted molar refractivity (Wildman–Crippen MR) is 210 cm³/mol. The number of piperazine rings is 1. The van der Waals surface area contributed by atoms with E-state index in [1.54, 1.807) is 18.9 Å². The van der Waals surface area contributed by atoms with Crippen LogP contribution in [0.3, 0.4) is 0 Å². The maximum Gasteiger partial charge on any atom is 0.335 e. The number of phenolic OH excluding ortho intramolecular Hbond substituents is 1. The average Bonchev–Trinajstić information content (AvgIpc) is 3.84. The predicted octanol–water partition coefficient (Wildman–Crippen LogP) is 5.51. The van der Waals surface area contributed by atoms with Crippen LogP contribution in [0, 0.1) is 32.1 Å². The number of aromatic hydroxyl groups is 1. The molecular weight excluding hydrogens is 731 g/mol. The van der Waals surface area contributed by atoms with Crippen molar-refractivity contribution in [3.05, 3.63) is 80.6 Å². The molecule has 0 amide bonds. The van der Waals surface area contributed by atoms with E-state index in [4.69, 9.17) is 29.1 Å². The molecule has 7 aliphatic heterocycles. The molecular formula is C43H47N5O7S. The first-order valence-electron chi connectivity index (χ1n) is 19.7. The molecule has 56 heavy (non-hydrogen) atoms. The van der Waals surface area contributed by atoms with Crippen molar-refractivity contribution in [2.75, 3.05) is 39.4 Å². The highest BCUT2D eigenvalue weighted by molar-refractivity contribution is 7.99. The fraction of sp³-hybridized carbons (Fsp3) is 0.488. The Labute approximate surface area is 330 Å². The number of nitrogens with zero attached hydrogens (tertiary/aromatic N) is 3. The Balaban J connectivity index is 1.25. The van der Waals surface area contributed by atoms with E-state index in [0.29, 0.717) is 55.2 Å². The molecule has 13 heteroatoms.